The molecular formula is C11H11Cl2NO2. The predicted octanol–water partition coefficient (Wildman–Crippen LogP) is 2.67. The average molecular weight is 260 g/mol. The Morgan fingerprint density at radius 1 is 1.50 bits per heavy atom. The summed E-state index contributed by atoms with van der Waals surface area (Å²) in [6.45, 7) is 3.81. The molecule has 16 heavy (non-hydrogen) atoms. The van der Waals surface area contributed by atoms with E-state index in [1.54, 1.807) is 24.3 Å². The second kappa shape index (κ2) is 6.40. The maximum Gasteiger partial charge on any atom is 0.258 e. The first kappa shape index (κ1) is 12.9. The minimum atomic E-state index is -0.231. The molecule has 5 heteroatoms. The smallest absolute Gasteiger partial charge is 0.258 e. The second-order valence-corrected chi connectivity index (χ2v) is 3.80. The topological polar surface area (TPSA) is 38.3 Å². The molecule has 0 radical (unpaired) electrons. The van der Waals surface area contributed by atoms with E-state index < -0.39 is 0 Å². The van der Waals surface area contributed by atoms with E-state index in [1.165, 1.54) is 0 Å². The molecule has 1 aromatic carbocycles. The molecule has 0 bridgehead atoms. The standard InChI is InChI=1S/C11H11Cl2NO2/c1-2-5-14-11(15)7-16-10-4-3-8(12)6-9(10)13/h2-4,6H,1,5,7H2,(H,14,15). The summed E-state index contributed by atoms with van der Waals surface area (Å²) in [7, 11) is 0. The van der Waals surface area contributed by atoms with Crippen LogP contribution in [0.25, 0.3) is 0 Å². The van der Waals surface area contributed by atoms with Crippen molar-refractivity contribution in [3.63, 3.8) is 0 Å². The van der Waals surface area contributed by atoms with Gasteiger partial charge in [-0.25, -0.2) is 0 Å². The molecule has 86 valence electrons. The van der Waals surface area contributed by atoms with Gasteiger partial charge >= 0.3 is 0 Å². The Kier molecular flexibility index (Phi) is 5.15. The van der Waals surface area contributed by atoms with E-state index in [0.717, 1.165) is 0 Å². The summed E-state index contributed by atoms with van der Waals surface area (Å²) in [4.78, 5) is 11.2. The molecule has 1 aromatic rings. The minimum absolute atomic E-state index is 0.0881. The highest BCUT2D eigenvalue weighted by molar-refractivity contribution is 6.35. The summed E-state index contributed by atoms with van der Waals surface area (Å²) in [5.74, 6) is 0.200. The molecule has 0 atom stereocenters. The van der Waals surface area contributed by atoms with Crippen molar-refractivity contribution in [2.24, 2.45) is 0 Å². The monoisotopic (exact) mass is 259 g/mol. The molecule has 0 unspecified atom stereocenters. The van der Waals surface area contributed by atoms with Crippen molar-refractivity contribution in [2.45, 2.75) is 0 Å². The van der Waals surface area contributed by atoms with Gasteiger partial charge in [-0.05, 0) is 18.2 Å². The Hall–Kier alpha value is -1.19. The zero-order valence-electron chi connectivity index (χ0n) is 8.50. The van der Waals surface area contributed by atoms with Gasteiger partial charge in [-0.1, -0.05) is 29.3 Å². The van der Waals surface area contributed by atoms with E-state index >= 15 is 0 Å². The summed E-state index contributed by atoms with van der Waals surface area (Å²) in [5, 5.41) is 3.48. The van der Waals surface area contributed by atoms with Crippen LogP contribution in [0.5, 0.6) is 5.75 Å². The number of rotatable bonds is 5. The Morgan fingerprint density at radius 3 is 2.88 bits per heavy atom. The lowest BCUT2D eigenvalue weighted by atomic mass is 10.3. The minimum Gasteiger partial charge on any atom is -0.482 e. The van der Waals surface area contributed by atoms with Crippen LogP contribution in [-0.4, -0.2) is 19.1 Å². The van der Waals surface area contributed by atoms with Crippen molar-refractivity contribution in [3.05, 3.63) is 40.9 Å². The number of amides is 1. The largest absolute Gasteiger partial charge is 0.482 e. The molecule has 1 rings (SSSR count). The van der Waals surface area contributed by atoms with E-state index in [1.807, 2.05) is 0 Å². The average Bonchev–Trinajstić information content (AvgIpc) is 2.25. The van der Waals surface area contributed by atoms with Gasteiger partial charge in [0, 0.05) is 11.6 Å². The maximum atomic E-state index is 11.2. The SMILES string of the molecule is C=CCNC(=O)COc1ccc(Cl)cc1Cl. The lowest BCUT2D eigenvalue weighted by Gasteiger charge is -2.07. The lowest BCUT2D eigenvalue weighted by Crippen LogP contribution is -2.28. The highest BCUT2D eigenvalue weighted by Crippen LogP contribution is 2.27. The van der Waals surface area contributed by atoms with E-state index in [9.17, 15) is 4.79 Å². The first-order valence-corrected chi connectivity index (χ1v) is 5.34. The van der Waals surface area contributed by atoms with Crippen molar-refractivity contribution in [3.8, 4) is 5.75 Å². The number of halogens is 2. The van der Waals surface area contributed by atoms with Crippen LogP contribution in [0.2, 0.25) is 10.0 Å². The van der Waals surface area contributed by atoms with Crippen LogP contribution in [0.15, 0.2) is 30.9 Å². The molecule has 0 fully saturated rings. The molecule has 0 aromatic heterocycles. The van der Waals surface area contributed by atoms with Crippen molar-refractivity contribution < 1.29 is 9.53 Å². The van der Waals surface area contributed by atoms with Gasteiger partial charge in [0.2, 0.25) is 0 Å². The van der Waals surface area contributed by atoms with Crippen LogP contribution >= 0.6 is 23.2 Å². The van der Waals surface area contributed by atoms with E-state index in [0.29, 0.717) is 22.3 Å². The van der Waals surface area contributed by atoms with E-state index in [2.05, 4.69) is 11.9 Å². The van der Waals surface area contributed by atoms with Crippen molar-refractivity contribution >= 4 is 29.1 Å². The predicted molar refractivity (Wildman–Crippen MR) is 65.2 cm³/mol. The third kappa shape index (κ3) is 4.13. The summed E-state index contributed by atoms with van der Waals surface area (Å²) < 4.78 is 5.21. The van der Waals surface area contributed by atoms with Crippen molar-refractivity contribution in [1.82, 2.24) is 5.32 Å². The number of benzene rings is 1. The third-order valence-corrected chi connectivity index (χ3v) is 2.23. The third-order valence-electron chi connectivity index (χ3n) is 1.70. The van der Waals surface area contributed by atoms with Gasteiger partial charge in [0.1, 0.15) is 5.75 Å². The lowest BCUT2D eigenvalue weighted by molar-refractivity contribution is -0.122. The van der Waals surface area contributed by atoms with Crippen LogP contribution in [-0.2, 0) is 4.79 Å². The number of ether oxygens (including phenoxy) is 1. The summed E-state index contributed by atoms with van der Waals surface area (Å²) >= 11 is 11.6. The Balaban J connectivity index is 2.48. The number of carbonyl (C=O) groups excluding carboxylic acids is 1. The number of hydrogen-bond donors (Lipinski definition) is 1. The fourth-order valence-corrected chi connectivity index (χ4v) is 1.44. The van der Waals surface area contributed by atoms with Crippen LogP contribution < -0.4 is 10.1 Å². The quantitative estimate of drug-likeness (QED) is 0.826. The van der Waals surface area contributed by atoms with Crippen molar-refractivity contribution in [2.75, 3.05) is 13.2 Å². The first-order valence-electron chi connectivity index (χ1n) is 4.59. The molecule has 0 aliphatic heterocycles. The zero-order valence-corrected chi connectivity index (χ0v) is 10.0. The molecular weight excluding hydrogens is 249 g/mol. The van der Waals surface area contributed by atoms with Gasteiger partial charge in [0.05, 0.1) is 5.02 Å². The second-order valence-electron chi connectivity index (χ2n) is 2.96. The number of hydrogen-bond acceptors (Lipinski definition) is 2. The highest BCUT2D eigenvalue weighted by Gasteiger charge is 2.05. The zero-order chi connectivity index (χ0) is 12.0. The molecule has 0 aliphatic carbocycles. The van der Waals surface area contributed by atoms with Crippen LogP contribution in [0, 0.1) is 0 Å². The molecule has 0 heterocycles. The Bertz CT molecular complexity index is 394. The van der Waals surface area contributed by atoms with E-state index in [4.69, 9.17) is 27.9 Å². The van der Waals surface area contributed by atoms with Crippen LogP contribution in [0.1, 0.15) is 0 Å². The van der Waals surface area contributed by atoms with Gasteiger partial charge in [-0.15, -0.1) is 6.58 Å². The first-order chi connectivity index (χ1) is 7.63. The molecule has 0 saturated carbocycles. The molecule has 0 aliphatic rings. The summed E-state index contributed by atoms with van der Waals surface area (Å²) in [6, 6.07) is 4.82. The molecule has 0 saturated heterocycles. The fourth-order valence-electron chi connectivity index (χ4n) is 0.973. The van der Waals surface area contributed by atoms with Gasteiger partial charge in [0.25, 0.3) is 5.91 Å². The van der Waals surface area contributed by atoms with Gasteiger partial charge in [-0.2, -0.15) is 0 Å². The Morgan fingerprint density at radius 2 is 2.25 bits per heavy atom. The molecule has 1 N–H and O–H groups in total. The maximum absolute atomic E-state index is 11.2. The van der Waals surface area contributed by atoms with Gasteiger partial charge in [-0.3, -0.25) is 4.79 Å². The molecule has 1 amide bonds. The normalized spacial score (nSPS) is 9.62. The Labute approximate surface area is 104 Å². The van der Waals surface area contributed by atoms with E-state index in [-0.39, 0.29) is 12.5 Å². The summed E-state index contributed by atoms with van der Waals surface area (Å²) in [6.07, 6.45) is 1.59. The highest BCUT2D eigenvalue weighted by atomic mass is 35.5. The fraction of sp³-hybridized carbons (Fsp3) is 0.182. The van der Waals surface area contributed by atoms with Crippen LogP contribution in [0.4, 0.5) is 0 Å². The molecule has 3 nitrogen and oxygen atoms in total. The summed E-state index contributed by atoms with van der Waals surface area (Å²) in [5.41, 5.74) is 0. The van der Waals surface area contributed by atoms with Crippen LogP contribution in [0.3, 0.4) is 0 Å². The molecule has 0 spiro atoms. The van der Waals surface area contributed by atoms with Crippen molar-refractivity contribution in [1.29, 1.82) is 0 Å². The number of nitrogens with one attached hydrogen (secondary N) is 1. The number of carbonyl (C=O) groups is 1. The van der Waals surface area contributed by atoms with Gasteiger partial charge in [0.15, 0.2) is 6.61 Å². The van der Waals surface area contributed by atoms with Gasteiger partial charge < -0.3 is 10.1 Å².